The molecule has 0 aromatic heterocycles. The fourth-order valence-corrected chi connectivity index (χ4v) is 1.73. The third-order valence-electron chi connectivity index (χ3n) is 2.77. The zero-order chi connectivity index (χ0) is 13.8. The van der Waals surface area contributed by atoms with Gasteiger partial charge in [-0.2, -0.15) is 5.11 Å². The summed E-state index contributed by atoms with van der Waals surface area (Å²) in [5, 5.41) is 18.6. The van der Waals surface area contributed by atoms with E-state index in [2.05, 4.69) is 24.1 Å². The minimum absolute atomic E-state index is 0.127. The second kappa shape index (κ2) is 5.85. The molecule has 1 N–H and O–H groups in total. The highest BCUT2D eigenvalue weighted by molar-refractivity contribution is 6.30. The molecule has 19 heavy (non-hydrogen) atoms. The molecule has 0 aliphatic carbocycles. The second-order valence-corrected chi connectivity index (χ2v) is 5.02. The van der Waals surface area contributed by atoms with E-state index >= 15 is 0 Å². The number of halogens is 1. The summed E-state index contributed by atoms with van der Waals surface area (Å²) < 4.78 is 0. The van der Waals surface area contributed by atoms with E-state index in [1.807, 2.05) is 12.1 Å². The lowest BCUT2D eigenvalue weighted by molar-refractivity contribution is 0.476. The molecule has 0 bridgehead atoms. The van der Waals surface area contributed by atoms with Crippen LogP contribution in [-0.2, 0) is 0 Å². The van der Waals surface area contributed by atoms with Crippen LogP contribution in [0, 0.1) is 0 Å². The Morgan fingerprint density at radius 3 is 2.32 bits per heavy atom. The molecule has 0 saturated carbocycles. The Labute approximate surface area is 117 Å². The SMILES string of the molecule is CC(C)c1ccc(O)c(N=Nc2ccc(Cl)cc2)c1. The van der Waals surface area contributed by atoms with Crippen LogP contribution in [0.2, 0.25) is 5.02 Å². The van der Waals surface area contributed by atoms with Crippen molar-refractivity contribution in [3.63, 3.8) is 0 Å². The van der Waals surface area contributed by atoms with Gasteiger partial charge in [-0.1, -0.05) is 31.5 Å². The highest BCUT2D eigenvalue weighted by Crippen LogP contribution is 2.31. The molecule has 98 valence electrons. The second-order valence-electron chi connectivity index (χ2n) is 4.58. The third kappa shape index (κ3) is 3.55. The summed E-state index contributed by atoms with van der Waals surface area (Å²) in [6.07, 6.45) is 0. The third-order valence-corrected chi connectivity index (χ3v) is 3.02. The summed E-state index contributed by atoms with van der Waals surface area (Å²) >= 11 is 5.80. The highest BCUT2D eigenvalue weighted by Gasteiger charge is 2.04. The van der Waals surface area contributed by atoms with Crippen LogP contribution in [0.4, 0.5) is 11.4 Å². The van der Waals surface area contributed by atoms with Crippen molar-refractivity contribution in [3.8, 4) is 5.75 Å². The molecule has 2 aromatic rings. The Balaban J connectivity index is 2.27. The van der Waals surface area contributed by atoms with Crippen molar-refractivity contribution in [2.45, 2.75) is 19.8 Å². The van der Waals surface area contributed by atoms with Crippen LogP contribution in [0.25, 0.3) is 0 Å². The maximum absolute atomic E-state index is 9.76. The molecule has 2 rings (SSSR count). The fourth-order valence-electron chi connectivity index (χ4n) is 1.60. The van der Waals surface area contributed by atoms with Gasteiger partial charge in [-0.3, -0.25) is 0 Å². The molecule has 0 fully saturated rings. The number of phenols is 1. The smallest absolute Gasteiger partial charge is 0.143 e. The summed E-state index contributed by atoms with van der Waals surface area (Å²) in [5.74, 6) is 0.507. The molecular formula is C15H15ClN2O. The lowest BCUT2D eigenvalue weighted by atomic mass is 10.0. The Hall–Kier alpha value is -1.87. The Morgan fingerprint density at radius 2 is 1.68 bits per heavy atom. The zero-order valence-corrected chi connectivity index (χ0v) is 11.6. The van der Waals surface area contributed by atoms with Gasteiger partial charge < -0.3 is 5.11 Å². The van der Waals surface area contributed by atoms with Gasteiger partial charge >= 0.3 is 0 Å². The molecule has 2 aromatic carbocycles. The summed E-state index contributed by atoms with van der Waals surface area (Å²) in [7, 11) is 0. The average Bonchev–Trinajstić information content (AvgIpc) is 2.39. The number of azo groups is 1. The van der Waals surface area contributed by atoms with E-state index < -0.39 is 0 Å². The summed E-state index contributed by atoms with van der Waals surface area (Å²) in [6.45, 7) is 4.18. The van der Waals surface area contributed by atoms with Gasteiger partial charge in [0.1, 0.15) is 11.4 Å². The van der Waals surface area contributed by atoms with Gasteiger partial charge in [-0.15, -0.1) is 5.11 Å². The van der Waals surface area contributed by atoms with Gasteiger partial charge in [0, 0.05) is 5.02 Å². The first-order chi connectivity index (χ1) is 9.06. The van der Waals surface area contributed by atoms with E-state index in [4.69, 9.17) is 11.6 Å². The molecular weight excluding hydrogens is 260 g/mol. The first-order valence-corrected chi connectivity index (χ1v) is 6.44. The largest absolute Gasteiger partial charge is 0.506 e. The maximum atomic E-state index is 9.76. The van der Waals surface area contributed by atoms with Crippen LogP contribution >= 0.6 is 11.6 Å². The van der Waals surface area contributed by atoms with E-state index in [0.717, 1.165) is 5.56 Å². The van der Waals surface area contributed by atoms with Crippen molar-refractivity contribution in [3.05, 3.63) is 53.1 Å². The van der Waals surface area contributed by atoms with Gasteiger partial charge in [-0.25, -0.2) is 0 Å². The number of hydrogen-bond acceptors (Lipinski definition) is 3. The predicted molar refractivity (Wildman–Crippen MR) is 77.8 cm³/mol. The Kier molecular flexibility index (Phi) is 4.17. The quantitative estimate of drug-likeness (QED) is 0.729. The van der Waals surface area contributed by atoms with Crippen LogP contribution in [0.15, 0.2) is 52.7 Å². The minimum atomic E-state index is 0.127. The predicted octanol–water partition coefficient (Wildman–Crippen LogP) is 5.58. The first-order valence-electron chi connectivity index (χ1n) is 6.06. The lowest BCUT2D eigenvalue weighted by Gasteiger charge is -2.06. The zero-order valence-electron chi connectivity index (χ0n) is 10.8. The highest BCUT2D eigenvalue weighted by atomic mass is 35.5. The summed E-state index contributed by atoms with van der Waals surface area (Å²) in [4.78, 5) is 0. The van der Waals surface area contributed by atoms with Gasteiger partial charge in [0.05, 0.1) is 5.69 Å². The number of phenolic OH excluding ortho intramolecular Hbond substituents is 1. The van der Waals surface area contributed by atoms with Gasteiger partial charge in [0.15, 0.2) is 0 Å². The van der Waals surface area contributed by atoms with Gasteiger partial charge in [-0.05, 0) is 47.9 Å². The molecule has 0 amide bonds. The Morgan fingerprint density at radius 1 is 1.00 bits per heavy atom. The standard InChI is InChI=1S/C15H15ClN2O/c1-10(2)11-3-8-15(19)14(9-11)18-17-13-6-4-12(16)5-7-13/h3-10,19H,1-2H3. The van der Waals surface area contributed by atoms with Crippen LogP contribution in [0.3, 0.4) is 0 Å². The first kappa shape index (κ1) is 13.6. The van der Waals surface area contributed by atoms with Crippen molar-refractivity contribution < 1.29 is 5.11 Å². The van der Waals surface area contributed by atoms with E-state index in [-0.39, 0.29) is 5.75 Å². The van der Waals surface area contributed by atoms with Crippen molar-refractivity contribution in [2.75, 3.05) is 0 Å². The molecule has 0 aliphatic heterocycles. The molecule has 0 saturated heterocycles. The molecule has 0 radical (unpaired) electrons. The molecule has 3 nitrogen and oxygen atoms in total. The average molecular weight is 275 g/mol. The Bertz CT molecular complexity index is 592. The van der Waals surface area contributed by atoms with Crippen molar-refractivity contribution in [1.29, 1.82) is 0 Å². The number of hydrogen-bond donors (Lipinski definition) is 1. The molecule has 0 atom stereocenters. The minimum Gasteiger partial charge on any atom is -0.506 e. The van der Waals surface area contributed by atoms with Crippen LogP contribution in [-0.4, -0.2) is 5.11 Å². The maximum Gasteiger partial charge on any atom is 0.143 e. The monoisotopic (exact) mass is 274 g/mol. The fraction of sp³-hybridized carbons (Fsp3) is 0.200. The van der Waals surface area contributed by atoms with E-state index in [0.29, 0.717) is 22.3 Å². The van der Waals surface area contributed by atoms with Crippen molar-refractivity contribution >= 4 is 23.0 Å². The number of aromatic hydroxyl groups is 1. The molecule has 4 heteroatoms. The number of rotatable bonds is 3. The van der Waals surface area contributed by atoms with Crippen molar-refractivity contribution in [2.24, 2.45) is 10.2 Å². The topological polar surface area (TPSA) is 45.0 Å². The summed E-state index contributed by atoms with van der Waals surface area (Å²) in [5.41, 5.74) is 2.28. The van der Waals surface area contributed by atoms with E-state index in [1.54, 1.807) is 30.3 Å². The van der Waals surface area contributed by atoms with Gasteiger partial charge in [0.25, 0.3) is 0 Å². The van der Waals surface area contributed by atoms with Crippen LogP contribution < -0.4 is 0 Å². The van der Waals surface area contributed by atoms with E-state index in [9.17, 15) is 5.11 Å². The van der Waals surface area contributed by atoms with Gasteiger partial charge in [0.2, 0.25) is 0 Å². The molecule has 0 aliphatic rings. The van der Waals surface area contributed by atoms with Crippen LogP contribution in [0.1, 0.15) is 25.3 Å². The van der Waals surface area contributed by atoms with E-state index in [1.165, 1.54) is 0 Å². The molecule has 0 unspecified atom stereocenters. The lowest BCUT2D eigenvalue weighted by Crippen LogP contribution is -1.85. The summed E-state index contributed by atoms with van der Waals surface area (Å²) in [6, 6.07) is 12.4. The van der Waals surface area contributed by atoms with Crippen LogP contribution in [0.5, 0.6) is 5.75 Å². The molecule has 0 heterocycles. The number of nitrogens with zero attached hydrogens (tertiary/aromatic N) is 2. The number of benzene rings is 2. The normalized spacial score (nSPS) is 11.4. The molecule has 0 spiro atoms. The van der Waals surface area contributed by atoms with Crippen molar-refractivity contribution in [1.82, 2.24) is 0 Å².